The van der Waals surface area contributed by atoms with E-state index in [0.717, 1.165) is 12.8 Å². The van der Waals surface area contributed by atoms with Crippen molar-refractivity contribution in [3.8, 4) is 24.2 Å². The average molecular weight is 177 g/mol. The van der Waals surface area contributed by atoms with Gasteiger partial charge in [0.1, 0.15) is 6.04 Å². The molecule has 0 aromatic carbocycles. The lowest BCUT2D eigenvalue weighted by atomic mass is 10.1. The molecule has 1 aliphatic rings. The Labute approximate surface area is 78.4 Å². The molecule has 0 amide bonds. The molecule has 0 spiro atoms. The van der Waals surface area contributed by atoms with Crippen LogP contribution in [0.4, 0.5) is 4.39 Å². The van der Waals surface area contributed by atoms with Crippen LogP contribution >= 0.6 is 0 Å². The van der Waals surface area contributed by atoms with Gasteiger partial charge < -0.3 is 5.32 Å². The summed E-state index contributed by atoms with van der Waals surface area (Å²) < 4.78 is 13.0. The first-order chi connectivity index (χ1) is 6.33. The van der Waals surface area contributed by atoms with Gasteiger partial charge in [0.25, 0.3) is 0 Å². The molecular weight excluding hydrogens is 165 g/mol. The van der Waals surface area contributed by atoms with Gasteiger partial charge in [-0.3, -0.25) is 0 Å². The van der Waals surface area contributed by atoms with Gasteiger partial charge in [-0.05, 0) is 25.5 Å². The number of allylic oxidation sites excluding steroid dienone is 1. The predicted octanol–water partition coefficient (Wildman–Crippen LogP) is 1.62. The monoisotopic (exact) mass is 177 g/mol. The minimum Gasteiger partial charge on any atom is -0.368 e. The van der Waals surface area contributed by atoms with E-state index in [1.54, 1.807) is 6.20 Å². The van der Waals surface area contributed by atoms with E-state index in [2.05, 4.69) is 23.1 Å². The molecule has 0 aliphatic carbocycles. The molecule has 0 bridgehead atoms. The van der Waals surface area contributed by atoms with Crippen LogP contribution in [0, 0.1) is 24.2 Å². The lowest BCUT2D eigenvalue weighted by molar-refractivity contribution is 0.383. The van der Waals surface area contributed by atoms with E-state index in [1.807, 2.05) is 6.08 Å². The summed E-state index contributed by atoms with van der Waals surface area (Å²) in [6.07, 6.45) is 10.1. The molecule has 1 unspecified atom stereocenters. The number of hydrogen-bond donors (Lipinski definition) is 1. The normalized spacial score (nSPS) is 30.2. The quantitative estimate of drug-likeness (QED) is 0.554. The summed E-state index contributed by atoms with van der Waals surface area (Å²) in [6, 6.07) is -0.368. The Balaban J connectivity index is 2.63. The number of halogens is 1. The van der Waals surface area contributed by atoms with Crippen molar-refractivity contribution in [2.24, 2.45) is 0 Å². The van der Waals surface area contributed by atoms with Crippen LogP contribution in [0.5, 0.6) is 0 Å². The molecule has 0 radical (unpaired) electrons. The van der Waals surface area contributed by atoms with E-state index >= 15 is 0 Å². The molecule has 0 fully saturated rings. The Morgan fingerprint density at radius 3 is 3.15 bits per heavy atom. The molecule has 0 aromatic rings. The molecular formula is C11H12FN. The zero-order valence-corrected chi connectivity index (χ0v) is 7.39. The second-order valence-corrected chi connectivity index (χ2v) is 2.86. The van der Waals surface area contributed by atoms with Crippen LogP contribution in [-0.2, 0) is 0 Å². The highest BCUT2D eigenvalue weighted by Crippen LogP contribution is 2.05. The van der Waals surface area contributed by atoms with Gasteiger partial charge in [-0.25, -0.2) is 4.39 Å². The first-order valence-corrected chi connectivity index (χ1v) is 4.35. The summed E-state index contributed by atoms with van der Waals surface area (Å²) in [6.45, 7) is 0. The molecule has 0 saturated carbocycles. The van der Waals surface area contributed by atoms with Crippen LogP contribution in [0.25, 0.3) is 0 Å². The molecule has 2 heteroatoms. The summed E-state index contributed by atoms with van der Waals surface area (Å²) in [7, 11) is 0. The Morgan fingerprint density at radius 1 is 1.54 bits per heavy atom. The van der Waals surface area contributed by atoms with Crippen molar-refractivity contribution in [1.29, 1.82) is 0 Å². The zero-order valence-electron chi connectivity index (χ0n) is 7.39. The maximum absolute atomic E-state index is 13.0. The molecule has 0 saturated heterocycles. The van der Waals surface area contributed by atoms with Crippen molar-refractivity contribution >= 4 is 0 Å². The maximum atomic E-state index is 13.0. The van der Waals surface area contributed by atoms with Crippen molar-refractivity contribution in [3.05, 3.63) is 12.3 Å². The van der Waals surface area contributed by atoms with Crippen molar-refractivity contribution < 1.29 is 4.39 Å². The molecule has 68 valence electrons. The van der Waals surface area contributed by atoms with Gasteiger partial charge >= 0.3 is 0 Å². The van der Waals surface area contributed by atoms with Gasteiger partial charge in [0.15, 0.2) is 6.17 Å². The molecule has 2 atom stereocenters. The SMILES string of the molecule is C#CC1C#C[C@@H](F)CCC/C=C\N1. The van der Waals surface area contributed by atoms with Crippen LogP contribution in [0.1, 0.15) is 19.3 Å². The number of terminal acetylenes is 1. The Kier molecular flexibility index (Phi) is 3.93. The molecule has 1 nitrogen and oxygen atoms in total. The smallest absolute Gasteiger partial charge is 0.160 e. The highest BCUT2D eigenvalue weighted by Gasteiger charge is 2.02. The van der Waals surface area contributed by atoms with Gasteiger partial charge in [0, 0.05) is 0 Å². The van der Waals surface area contributed by atoms with E-state index in [0.29, 0.717) is 6.42 Å². The maximum Gasteiger partial charge on any atom is 0.160 e. The molecule has 13 heavy (non-hydrogen) atoms. The Bertz CT molecular complexity index is 277. The third-order valence-corrected chi connectivity index (χ3v) is 1.76. The number of rotatable bonds is 0. The fraction of sp³-hybridized carbons (Fsp3) is 0.455. The first kappa shape index (κ1) is 9.68. The lowest BCUT2D eigenvalue weighted by Crippen LogP contribution is -2.20. The molecule has 0 aromatic heterocycles. The Hall–Kier alpha value is -1.41. The summed E-state index contributed by atoms with van der Waals surface area (Å²) in [5.41, 5.74) is 0. The second kappa shape index (κ2) is 5.27. The van der Waals surface area contributed by atoms with E-state index in [-0.39, 0.29) is 6.04 Å². The first-order valence-electron chi connectivity index (χ1n) is 4.35. The summed E-state index contributed by atoms with van der Waals surface area (Å²) >= 11 is 0. The van der Waals surface area contributed by atoms with Crippen LogP contribution in [-0.4, -0.2) is 12.2 Å². The van der Waals surface area contributed by atoms with Crippen LogP contribution in [0.2, 0.25) is 0 Å². The molecule has 1 rings (SSSR count). The molecule has 1 N–H and O–H groups in total. The lowest BCUT2D eigenvalue weighted by Gasteiger charge is -2.05. The van der Waals surface area contributed by atoms with Gasteiger partial charge in [0.2, 0.25) is 0 Å². The third kappa shape index (κ3) is 3.67. The zero-order chi connectivity index (χ0) is 9.52. The third-order valence-electron chi connectivity index (χ3n) is 1.76. The largest absolute Gasteiger partial charge is 0.368 e. The summed E-state index contributed by atoms with van der Waals surface area (Å²) in [4.78, 5) is 0. The van der Waals surface area contributed by atoms with Gasteiger partial charge in [-0.1, -0.05) is 23.8 Å². The van der Waals surface area contributed by atoms with E-state index in [1.165, 1.54) is 0 Å². The van der Waals surface area contributed by atoms with Crippen LogP contribution in [0.3, 0.4) is 0 Å². The second-order valence-electron chi connectivity index (χ2n) is 2.86. The highest BCUT2D eigenvalue weighted by molar-refractivity contribution is 5.22. The number of nitrogens with one attached hydrogen (secondary N) is 1. The molecule has 1 aliphatic heterocycles. The summed E-state index contributed by atoms with van der Waals surface area (Å²) in [5, 5.41) is 2.90. The molecule has 1 heterocycles. The Morgan fingerprint density at radius 2 is 2.38 bits per heavy atom. The highest BCUT2D eigenvalue weighted by atomic mass is 19.1. The topological polar surface area (TPSA) is 12.0 Å². The van der Waals surface area contributed by atoms with Crippen molar-refractivity contribution in [2.45, 2.75) is 31.5 Å². The van der Waals surface area contributed by atoms with Gasteiger partial charge in [-0.15, -0.1) is 6.42 Å². The minimum atomic E-state index is -1.04. The fourth-order valence-electron chi connectivity index (χ4n) is 1.04. The average Bonchev–Trinajstić information content (AvgIpc) is 2.16. The van der Waals surface area contributed by atoms with E-state index in [4.69, 9.17) is 6.42 Å². The number of hydrogen-bond acceptors (Lipinski definition) is 1. The van der Waals surface area contributed by atoms with Gasteiger partial charge in [-0.2, -0.15) is 0 Å². The standard InChI is InChI=1S/C11H12FN/c1-2-11-8-7-10(12)6-4-3-5-9-13-11/h1,5,9-11,13H,3-4,6H2/b9-5-/t10-,11?/m0/s1. The summed E-state index contributed by atoms with van der Waals surface area (Å²) in [5.74, 6) is 7.60. The number of alkyl halides is 1. The van der Waals surface area contributed by atoms with Crippen molar-refractivity contribution in [2.75, 3.05) is 0 Å². The predicted molar refractivity (Wildman–Crippen MR) is 51.4 cm³/mol. The van der Waals surface area contributed by atoms with E-state index < -0.39 is 6.17 Å². The van der Waals surface area contributed by atoms with Crippen LogP contribution in [0.15, 0.2) is 12.3 Å². The minimum absolute atomic E-state index is 0.368. The van der Waals surface area contributed by atoms with Crippen molar-refractivity contribution in [3.63, 3.8) is 0 Å². The van der Waals surface area contributed by atoms with Crippen LogP contribution < -0.4 is 5.32 Å². The van der Waals surface area contributed by atoms with Crippen molar-refractivity contribution in [1.82, 2.24) is 5.32 Å². The van der Waals surface area contributed by atoms with Gasteiger partial charge in [0.05, 0.1) is 0 Å². The fourth-order valence-corrected chi connectivity index (χ4v) is 1.04. The van der Waals surface area contributed by atoms with E-state index in [9.17, 15) is 4.39 Å².